The van der Waals surface area contributed by atoms with Gasteiger partial charge in [0.2, 0.25) is 15.9 Å². The number of aromatic nitrogens is 2. The number of fused-ring (bicyclic) bond motifs is 1. The number of nitrogens with zero attached hydrogens (tertiary/aromatic N) is 2. The number of imidazole rings is 1. The van der Waals surface area contributed by atoms with Crippen molar-refractivity contribution in [1.29, 1.82) is 0 Å². The van der Waals surface area contributed by atoms with Crippen LogP contribution in [0.3, 0.4) is 0 Å². The fourth-order valence-corrected chi connectivity index (χ4v) is 5.48. The number of sulfonamides is 1. The number of hydrogen-bond acceptors (Lipinski definition) is 6. The molecular weight excluding hydrogens is 424 g/mol. The fourth-order valence-electron chi connectivity index (χ4n) is 3.28. The Bertz CT molecular complexity index is 1150. The van der Waals surface area contributed by atoms with Crippen LogP contribution in [0.5, 0.6) is 5.75 Å². The highest BCUT2D eigenvalue weighted by Crippen LogP contribution is 2.24. The van der Waals surface area contributed by atoms with Crippen LogP contribution in [0.15, 0.2) is 52.5 Å². The summed E-state index contributed by atoms with van der Waals surface area (Å²) in [7, 11) is -1.85. The molecule has 2 N–H and O–H groups in total. The van der Waals surface area contributed by atoms with Gasteiger partial charge in [0.05, 0.1) is 28.8 Å². The van der Waals surface area contributed by atoms with Crippen LogP contribution >= 0.6 is 11.8 Å². The second-order valence-corrected chi connectivity index (χ2v) is 9.80. The number of anilines is 1. The van der Waals surface area contributed by atoms with Crippen LogP contribution in [0.2, 0.25) is 0 Å². The van der Waals surface area contributed by atoms with E-state index in [1.165, 1.54) is 28.2 Å². The summed E-state index contributed by atoms with van der Waals surface area (Å²) in [6.07, 6.45) is 1.79. The molecule has 0 aliphatic carbocycles. The van der Waals surface area contributed by atoms with E-state index in [0.29, 0.717) is 23.9 Å². The predicted octanol–water partition coefficient (Wildman–Crippen LogP) is 3.09. The van der Waals surface area contributed by atoms with Crippen LogP contribution in [0.4, 0.5) is 5.69 Å². The maximum absolute atomic E-state index is 12.6. The number of carbonyl (C=O) groups is 1. The van der Waals surface area contributed by atoms with E-state index in [1.54, 1.807) is 19.2 Å². The predicted molar refractivity (Wildman–Crippen MR) is 116 cm³/mol. The summed E-state index contributed by atoms with van der Waals surface area (Å²) in [4.78, 5) is 20.1. The van der Waals surface area contributed by atoms with Gasteiger partial charge in [0.15, 0.2) is 5.16 Å². The Labute approximate surface area is 179 Å². The highest BCUT2D eigenvalue weighted by molar-refractivity contribution is 7.99. The molecule has 0 bridgehead atoms. The number of hydrogen-bond donors (Lipinski definition) is 2. The van der Waals surface area contributed by atoms with Gasteiger partial charge in [0.25, 0.3) is 0 Å². The van der Waals surface area contributed by atoms with Crippen molar-refractivity contribution in [3.63, 3.8) is 0 Å². The zero-order chi connectivity index (χ0) is 21.1. The van der Waals surface area contributed by atoms with Gasteiger partial charge < -0.3 is 15.0 Å². The van der Waals surface area contributed by atoms with Crippen molar-refractivity contribution >= 4 is 44.4 Å². The maximum atomic E-state index is 12.6. The molecular formula is C20H22N4O4S2. The molecule has 1 fully saturated rings. The van der Waals surface area contributed by atoms with Crippen molar-refractivity contribution in [1.82, 2.24) is 14.3 Å². The number of carbonyl (C=O) groups excluding carboxylic acids is 1. The lowest BCUT2D eigenvalue weighted by molar-refractivity contribution is -0.113. The molecule has 10 heteroatoms. The highest BCUT2D eigenvalue weighted by Gasteiger charge is 2.26. The Morgan fingerprint density at radius 1 is 1.20 bits per heavy atom. The van der Waals surface area contributed by atoms with E-state index in [0.717, 1.165) is 29.6 Å². The van der Waals surface area contributed by atoms with Crippen molar-refractivity contribution in [2.45, 2.75) is 22.9 Å². The average Bonchev–Trinajstić information content (AvgIpc) is 3.42. The normalized spacial score (nSPS) is 14.8. The number of H-pyrrole nitrogens is 1. The standard InChI is InChI=1S/C20H22N4O4S2/c1-28-15-6-9-17-18(12-15)23-20(22-17)29-13-19(25)21-14-4-7-16(8-5-14)30(26,27)24-10-2-3-11-24/h4-9,12H,2-3,10-11,13H2,1H3,(H,21,25)(H,22,23). The van der Waals surface area contributed by atoms with Crippen molar-refractivity contribution in [2.75, 3.05) is 31.3 Å². The zero-order valence-electron chi connectivity index (χ0n) is 16.4. The molecule has 1 aliphatic heterocycles. The second-order valence-electron chi connectivity index (χ2n) is 6.90. The summed E-state index contributed by atoms with van der Waals surface area (Å²) in [6.45, 7) is 1.12. The van der Waals surface area contributed by atoms with Crippen molar-refractivity contribution in [3.8, 4) is 5.75 Å². The van der Waals surface area contributed by atoms with E-state index in [-0.39, 0.29) is 16.6 Å². The minimum Gasteiger partial charge on any atom is -0.497 e. The first-order valence-corrected chi connectivity index (χ1v) is 11.9. The number of methoxy groups -OCH3 is 1. The number of rotatable bonds is 7. The van der Waals surface area contributed by atoms with Crippen LogP contribution < -0.4 is 10.1 Å². The molecule has 1 amide bonds. The Morgan fingerprint density at radius 2 is 1.93 bits per heavy atom. The molecule has 2 heterocycles. The molecule has 8 nitrogen and oxygen atoms in total. The topological polar surface area (TPSA) is 104 Å². The lowest BCUT2D eigenvalue weighted by atomic mass is 10.3. The first-order chi connectivity index (χ1) is 14.5. The molecule has 1 aliphatic rings. The van der Waals surface area contributed by atoms with Gasteiger partial charge in [-0.15, -0.1) is 0 Å². The first kappa shape index (κ1) is 20.7. The minimum absolute atomic E-state index is 0.171. The number of benzene rings is 2. The molecule has 2 aromatic carbocycles. The van der Waals surface area contributed by atoms with E-state index >= 15 is 0 Å². The summed E-state index contributed by atoms with van der Waals surface area (Å²) >= 11 is 1.29. The summed E-state index contributed by atoms with van der Waals surface area (Å²) in [5.74, 6) is 0.703. The van der Waals surface area contributed by atoms with Crippen LogP contribution in [-0.4, -0.2) is 54.6 Å². The Kier molecular flexibility index (Phi) is 5.98. The number of thioether (sulfide) groups is 1. The monoisotopic (exact) mass is 446 g/mol. The number of aromatic amines is 1. The Morgan fingerprint density at radius 3 is 2.63 bits per heavy atom. The van der Waals surface area contributed by atoms with Crippen LogP contribution in [0.1, 0.15) is 12.8 Å². The zero-order valence-corrected chi connectivity index (χ0v) is 18.1. The molecule has 1 aromatic heterocycles. The molecule has 30 heavy (non-hydrogen) atoms. The third kappa shape index (κ3) is 4.45. The van der Waals surface area contributed by atoms with Gasteiger partial charge in [-0.25, -0.2) is 13.4 Å². The molecule has 0 spiro atoms. The van der Waals surface area contributed by atoms with E-state index in [1.807, 2.05) is 18.2 Å². The second kappa shape index (κ2) is 8.66. The minimum atomic E-state index is -3.45. The van der Waals surface area contributed by atoms with Crippen LogP contribution in [0, 0.1) is 0 Å². The third-order valence-corrected chi connectivity index (χ3v) is 7.63. The molecule has 0 saturated carbocycles. The third-order valence-electron chi connectivity index (χ3n) is 4.85. The number of ether oxygens (including phenoxy) is 1. The van der Waals surface area contributed by atoms with Gasteiger partial charge in [-0.05, 0) is 49.2 Å². The molecule has 1 saturated heterocycles. The van der Waals surface area contributed by atoms with E-state index in [2.05, 4.69) is 15.3 Å². The molecule has 3 aromatic rings. The largest absolute Gasteiger partial charge is 0.497 e. The van der Waals surface area contributed by atoms with Crippen LogP contribution in [-0.2, 0) is 14.8 Å². The van der Waals surface area contributed by atoms with Gasteiger partial charge in [0.1, 0.15) is 5.75 Å². The Hall–Kier alpha value is -2.56. The SMILES string of the molecule is COc1ccc2nc(SCC(=O)Nc3ccc(S(=O)(=O)N4CCCC4)cc3)[nH]c2c1. The summed E-state index contributed by atoms with van der Waals surface area (Å²) in [6, 6.07) is 11.8. The van der Waals surface area contributed by atoms with Gasteiger partial charge in [-0.1, -0.05) is 11.8 Å². The molecule has 0 atom stereocenters. The van der Waals surface area contributed by atoms with Crippen molar-refractivity contribution in [3.05, 3.63) is 42.5 Å². The van der Waals surface area contributed by atoms with Gasteiger partial charge in [-0.2, -0.15) is 4.31 Å². The molecule has 4 rings (SSSR count). The fraction of sp³-hybridized carbons (Fsp3) is 0.300. The smallest absolute Gasteiger partial charge is 0.243 e. The maximum Gasteiger partial charge on any atom is 0.243 e. The summed E-state index contributed by atoms with van der Waals surface area (Å²) < 4.78 is 31.8. The van der Waals surface area contributed by atoms with E-state index < -0.39 is 10.0 Å². The molecule has 0 unspecified atom stereocenters. The van der Waals surface area contributed by atoms with Crippen molar-refractivity contribution < 1.29 is 17.9 Å². The van der Waals surface area contributed by atoms with Crippen LogP contribution in [0.25, 0.3) is 11.0 Å². The van der Waals surface area contributed by atoms with E-state index in [9.17, 15) is 13.2 Å². The lowest BCUT2D eigenvalue weighted by Crippen LogP contribution is -2.27. The van der Waals surface area contributed by atoms with E-state index in [4.69, 9.17) is 4.74 Å². The summed E-state index contributed by atoms with van der Waals surface area (Å²) in [5, 5.41) is 3.42. The quantitative estimate of drug-likeness (QED) is 0.541. The van der Waals surface area contributed by atoms with Crippen molar-refractivity contribution in [2.24, 2.45) is 0 Å². The molecule has 158 valence electrons. The van der Waals surface area contributed by atoms with Gasteiger partial charge in [0, 0.05) is 24.8 Å². The lowest BCUT2D eigenvalue weighted by Gasteiger charge is -2.15. The average molecular weight is 447 g/mol. The molecule has 0 radical (unpaired) electrons. The van der Waals surface area contributed by atoms with Gasteiger partial charge >= 0.3 is 0 Å². The first-order valence-electron chi connectivity index (χ1n) is 9.52. The number of nitrogens with one attached hydrogen (secondary N) is 2. The number of amides is 1. The highest BCUT2D eigenvalue weighted by atomic mass is 32.2. The summed E-state index contributed by atoms with van der Waals surface area (Å²) in [5.41, 5.74) is 2.19. The van der Waals surface area contributed by atoms with Gasteiger partial charge in [-0.3, -0.25) is 4.79 Å². The Balaban J connectivity index is 1.35.